The van der Waals surface area contributed by atoms with Crippen LogP contribution in [0.25, 0.3) is 11.0 Å². The zero-order valence-electron chi connectivity index (χ0n) is 18.0. The van der Waals surface area contributed by atoms with Crippen molar-refractivity contribution in [2.45, 2.75) is 50.6 Å². The van der Waals surface area contributed by atoms with E-state index in [1.807, 2.05) is 30.3 Å². The number of fused-ring (bicyclic) bond motifs is 1. The number of carbonyl (C=O) groups is 1. The molecule has 1 amide bonds. The summed E-state index contributed by atoms with van der Waals surface area (Å²) in [5.74, 6) is 3.07. The van der Waals surface area contributed by atoms with Gasteiger partial charge in [0.25, 0.3) is 0 Å². The lowest BCUT2D eigenvalue weighted by molar-refractivity contribution is -0.128. The quantitative estimate of drug-likeness (QED) is 0.483. The van der Waals surface area contributed by atoms with Crippen molar-refractivity contribution in [3.05, 3.63) is 54.4 Å². The van der Waals surface area contributed by atoms with Gasteiger partial charge in [0, 0.05) is 31.5 Å². The van der Waals surface area contributed by atoms with Crippen molar-refractivity contribution in [2.24, 2.45) is 0 Å². The van der Waals surface area contributed by atoms with Gasteiger partial charge >= 0.3 is 0 Å². The number of amides is 1. The minimum atomic E-state index is 0.185. The highest BCUT2D eigenvalue weighted by atomic mass is 16.5. The zero-order valence-corrected chi connectivity index (χ0v) is 18.0. The van der Waals surface area contributed by atoms with Gasteiger partial charge in [0.15, 0.2) is 11.5 Å². The Labute approximate surface area is 182 Å². The first-order valence-electron chi connectivity index (χ1n) is 11.2. The summed E-state index contributed by atoms with van der Waals surface area (Å²) < 4.78 is 13.6. The summed E-state index contributed by atoms with van der Waals surface area (Å²) in [6, 6.07) is 16.5. The second-order valence-corrected chi connectivity index (χ2v) is 8.50. The Morgan fingerprint density at radius 1 is 1.03 bits per heavy atom. The van der Waals surface area contributed by atoms with Crippen LogP contribution in [0.1, 0.15) is 43.8 Å². The van der Waals surface area contributed by atoms with Crippen molar-refractivity contribution in [3.8, 4) is 11.5 Å². The van der Waals surface area contributed by atoms with Crippen LogP contribution in [0.5, 0.6) is 11.5 Å². The number of hydrogen-bond acceptors (Lipinski definition) is 4. The number of benzene rings is 2. The Bertz CT molecular complexity index is 1070. The summed E-state index contributed by atoms with van der Waals surface area (Å²) in [5.41, 5.74) is 2.17. The van der Waals surface area contributed by atoms with E-state index in [2.05, 4.69) is 27.7 Å². The molecule has 162 valence electrons. The average molecular weight is 420 g/mol. The highest BCUT2D eigenvalue weighted by Gasteiger charge is 2.41. The lowest BCUT2D eigenvalue weighted by Crippen LogP contribution is -2.27. The molecule has 1 aliphatic heterocycles. The van der Waals surface area contributed by atoms with Crippen LogP contribution in [0.2, 0.25) is 0 Å². The lowest BCUT2D eigenvalue weighted by Gasteiger charge is -2.16. The van der Waals surface area contributed by atoms with Crippen LogP contribution in [-0.4, -0.2) is 46.7 Å². The highest BCUT2D eigenvalue weighted by Crippen LogP contribution is 2.37. The van der Waals surface area contributed by atoms with Gasteiger partial charge in [-0.25, -0.2) is 4.98 Å². The molecule has 6 nitrogen and oxygen atoms in total. The molecule has 1 unspecified atom stereocenters. The van der Waals surface area contributed by atoms with Gasteiger partial charge in [-0.1, -0.05) is 24.3 Å². The standard InChI is InChI=1S/C25H29N3O3/c1-30-22-10-4-5-11-23(22)31-15-7-6-14-27-21-9-3-2-8-20(21)26-25(27)18-16-24(29)28(17-18)19-12-13-19/h2-5,8-11,18-19H,6-7,12-17H2,1H3. The molecule has 1 atom stereocenters. The van der Waals surface area contributed by atoms with Gasteiger partial charge in [-0.3, -0.25) is 4.79 Å². The number of likely N-dealkylation sites (tertiary alicyclic amines) is 1. The molecule has 1 saturated carbocycles. The fourth-order valence-corrected chi connectivity index (χ4v) is 4.58. The van der Waals surface area contributed by atoms with Gasteiger partial charge in [0.05, 0.1) is 24.8 Å². The van der Waals surface area contributed by atoms with Crippen molar-refractivity contribution in [1.29, 1.82) is 0 Å². The number of ether oxygens (including phenoxy) is 2. The van der Waals surface area contributed by atoms with E-state index in [9.17, 15) is 4.79 Å². The Morgan fingerprint density at radius 2 is 1.81 bits per heavy atom. The summed E-state index contributed by atoms with van der Waals surface area (Å²) >= 11 is 0. The van der Waals surface area contributed by atoms with Crippen molar-refractivity contribution < 1.29 is 14.3 Å². The van der Waals surface area contributed by atoms with E-state index in [0.29, 0.717) is 19.1 Å². The second-order valence-electron chi connectivity index (χ2n) is 8.50. The first-order valence-corrected chi connectivity index (χ1v) is 11.2. The van der Waals surface area contributed by atoms with Gasteiger partial charge in [0.1, 0.15) is 5.82 Å². The number of hydrogen-bond donors (Lipinski definition) is 0. The molecule has 2 aliphatic rings. The van der Waals surface area contributed by atoms with Crippen molar-refractivity contribution >= 4 is 16.9 Å². The zero-order chi connectivity index (χ0) is 21.2. The topological polar surface area (TPSA) is 56.6 Å². The average Bonchev–Trinajstić information content (AvgIpc) is 3.47. The minimum Gasteiger partial charge on any atom is -0.493 e. The summed E-state index contributed by atoms with van der Waals surface area (Å²) in [4.78, 5) is 19.5. The van der Waals surface area contributed by atoms with Gasteiger partial charge in [-0.2, -0.15) is 0 Å². The lowest BCUT2D eigenvalue weighted by atomic mass is 10.1. The Balaban J connectivity index is 1.26. The molecule has 1 aliphatic carbocycles. The molecule has 2 heterocycles. The summed E-state index contributed by atoms with van der Waals surface area (Å²) in [6.45, 7) is 2.32. The molecule has 0 spiro atoms. The van der Waals surface area contributed by atoms with Crippen molar-refractivity contribution in [3.63, 3.8) is 0 Å². The van der Waals surface area contributed by atoms with Crippen LogP contribution in [0.3, 0.4) is 0 Å². The monoisotopic (exact) mass is 419 g/mol. The number of aryl methyl sites for hydroxylation is 1. The maximum Gasteiger partial charge on any atom is 0.223 e. The normalized spacial score (nSPS) is 18.7. The highest BCUT2D eigenvalue weighted by molar-refractivity contribution is 5.81. The van der Waals surface area contributed by atoms with E-state index < -0.39 is 0 Å². The van der Waals surface area contributed by atoms with Gasteiger partial charge in [-0.05, 0) is 49.9 Å². The number of rotatable bonds is 9. The van der Waals surface area contributed by atoms with Gasteiger partial charge in [-0.15, -0.1) is 0 Å². The van der Waals surface area contributed by atoms with Crippen molar-refractivity contribution in [2.75, 3.05) is 20.3 Å². The van der Waals surface area contributed by atoms with Crippen LogP contribution < -0.4 is 9.47 Å². The maximum absolute atomic E-state index is 12.5. The maximum atomic E-state index is 12.5. The minimum absolute atomic E-state index is 0.185. The molecular weight excluding hydrogens is 390 g/mol. The summed E-state index contributed by atoms with van der Waals surface area (Å²) in [5, 5.41) is 0. The Hall–Kier alpha value is -3.02. The first-order chi connectivity index (χ1) is 15.2. The molecule has 1 aromatic heterocycles. The van der Waals surface area contributed by atoms with E-state index in [-0.39, 0.29) is 11.8 Å². The molecule has 0 radical (unpaired) electrons. The fourth-order valence-electron chi connectivity index (χ4n) is 4.58. The van der Waals surface area contributed by atoms with Crippen LogP contribution >= 0.6 is 0 Å². The molecule has 0 N–H and O–H groups in total. The number of methoxy groups -OCH3 is 1. The van der Waals surface area contributed by atoms with Crippen LogP contribution in [0.15, 0.2) is 48.5 Å². The van der Waals surface area contributed by atoms with Crippen LogP contribution in [0.4, 0.5) is 0 Å². The predicted octanol–water partition coefficient (Wildman–Crippen LogP) is 4.38. The van der Waals surface area contributed by atoms with Crippen molar-refractivity contribution in [1.82, 2.24) is 14.5 Å². The molecular formula is C25H29N3O3. The van der Waals surface area contributed by atoms with Crippen LogP contribution in [0, 0.1) is 0 Å². The Morgan fingerprint density at radius 3 is 2.61 bits per heavy atom. The molecule has 2 fully saturated rings. The molecule has 5 rings (SSSR count). The van der Waals surface area contributed by atoms with E-state index in [1.54, 1.807) is 7.11 Å². The Kier molecular flexibility index (Phi) is 5.53. The third-order valence-electron chi connectivity index (χ3n) is 6.30. The van der Waals surface area contributed by atoms with E-state index in [1.165, 1.54) is 0 Å². The van der Waals surface area contributed by atoms with Gasteiger partial charge in [0.2, 0.25) is 5.91 Å². The number of para-hydroxylation sites is 4. The largest absolute Gasteiger partial charge is 0.493 e. The van der Waals surface area contributed by atoms with E-state index >= 15 is 0 Å². The number of unbranched alkanes of at least 4 members (excludes halogenated alkanes) is 1. The molecule has 31 heavy (non-hydrogen) atoms. The molecule has 6 heteroatoms. The third kappa shape index (κ3) is 4.11. The van der Waals surface area contributed by atoms with Crippen LogP contribution in [-0.2, 0) is 11.3 Å². The van der Waals surface area contributed by atoms with E-state index in [4.69, 9.17) is 14.5 Å². The molecule has 2 aromatic carbocycles. The molecule has 3 aromatic rings. The SMILES string of the molecule is COc1ccccc1OCCCCn1c(C2CC(=O)N(C3CC3)C2)nc2ccccc21. The second kappa shape index (κ2) is 8.61. The number of nitrogens with zero attached hydrogens (tertiary/aromatic N) is 3. The third-order valence-corrected chi connectivity index (χ3v) is 6.30. The van der Waals surface area contributed by atoms with E-state index in [0.717, 1.165) is 67.1 Å². The molecule has 0 bridgehead atoms. The number of imidazole rings is 1. The summed E-state index contributed by atoms with van der Waals surface area (Å²) in [7, 11) is 1.66. The first kappa shape index (κ1) is 19.9. The fraction of sp³-hybridized carbons (Fsp3) is 0.440. The number of aromatic nitrogens is 2. The molecule has 1 saturated heterocycles. The number of carbonyl (C=O) groups excluding carboxylic acids is 1. The smallest absolute Gasteiger partial charge is 0.223 e. The predicted molar refractivity (Wildman–Crippen MR) is 120 cm³/mol. The summed E-state index contributed by atoms with van der Waals surface area (Å²) in [6.07, 6.45) is 4.80. The van der Waals surface area contributed by atoms with Gasteiger partial charge < -0.3 is 18.9 Å².